The van der Waals surface area contributed by atoms with E-state index in [2.05, 4.69) is 36.5 Å². The molecule has 0 spiro atoms. The summed E-state index contributed by atoms with van der Waals surface area (Å²) < 4.78 is 0. The Balaban J connectivity index is 1.94. The Labute approximate surface area is 109 Å². The van der Waals surface area contributed by atoms with Crippen LogP contribution in [0.15, 0.2) is 24.3 Å². The SMILES string of the molecule is Cc1ccc(C2(CCNCC(N)=O)CCC2)cc1. The Morgan fingerprint density at radius 1 is 1.33 bits per heavy atom. The molecule has 0 atom stereocenters. The fourth-order valence-corrected chi connectivity index (χ4v) is 2.73. The molecule has 18 heavy (non-hydrogen) atoms. The van der Waals surface area contributed by atoms with Crippen molar-refractivity contribution in [1.29, 1.82) is 0 Å². The van der Waals surface area contributed by atoms with Crippen molar-refractivity contribution in [3.8, 4) is 0 Å². The van der Waals surface area contributed by atoms with E-state index in [1.807, 2.05) is 0 Å². The van der Waals surface area contributed by atoms with Crippen molar-refractivity contribution in [1.82, 2.24) is 5.32 Å². The van der Waals surface area contributed by atoms with Crippen LogP contribution >= 0.6 is 0 Å². The maximum Gasteiger partial charge on any atom is 0.231 e. The van der Waals surface area contributed by atoms with E-state index >= 15 is 0 Å². The largest absolute Gasteiger partial charge is 0.369 e. The summed E-state index contributed by atoms with van der Waals surface area (Å²) in [6.07, 6.45) is 4.91. The molecule has 3 heteroatoms. The van der Waals surface area contributed by atoms with Gasteiger partial charge in [0.2, 0.25) is 5.91 Å². The van der Waals surface area contributed by atoms with Crippen LogP contribution in [-0.4, -0.2) is 19.0 Å². The van der Waals surface area contributed by atoms with Crippen molar-refractivity contribution in [2.75, 3.05) is 13.1 Å². The lowest BCUT2D eigenvalue weighted by Gasteiger charge is -2.43. The van der Waals surface area contributed by atoms with E-state index in [9.17, 15) is 4.79 Å². The Morgan fingerprint density at radius 3 is 2.50 bits per heavy atom. The molecule has 0 aromatic heterocycles. The number of amides is 1. The number of aryl methyl sites for hydroxylation is 1. The van der Waals surface area contributed by atoms with Gasteiger partial charge >= 0.3 is 0 Å². The molecule has 0 heterocycles. The summed E-state index contributed by atoms with van der Waals surface area (Å²) >= 11 is 0. The van der Waals surface area contributed by atoms with E-state index in [0.717, 1.165) is 13.0 Å². The predicted octanol–water partition coefficient (Wildman–Crippen LogP) is 1.88. The first-order valence-corrected chi connectivity index (χ1v) is 6.69. The third-order valence-electron chi connectivity index (χ3n) is 4.05. The molecule has 1 aliphatic carbocycles. The molecular formula is C15H22N2O. The van der Waals surface area contributed by atoms with Crippen LogP contribution in [0.25, 0.3) is 0 Å². The van der Waals surface area contributed by atoms with Gasteiger partial charge in [0.05, 0.1) is 6.54 Å². The van der Waals surface area contributed by atoms with Gasteiger partial charge in [-0.1, -0.05) is 36.2 Å². The number of nitrogens with one attached hydrogen (secondary N) is 1. The topological polar surface area (TPSA) is 55.1 Å². The normalized spacial score (nSPS) is 17.2. The first-order valence-electron chi connectivity index (χ1n) is 6.69. The molecule has 3 N–H and O–H groups in total. The van der Waals surface area contributed by atoms with Crippen LogP contribution in [0.5, 0.6) is 0 Å². The monoisotopic (exact) mass is 246 g/mol. The number of hydrogen-bond acceptors (Lipinski definition) is 2. The van der Waals surface area contributed by atoms with Crippen molar-refractivity contribution in [2.24, 2.45) is 5.73 Å². The number of carbonyl (C=O) groups is 1. The Bertz CT molecular complexity index is 407. The number of carbonyl (C=O) groups excluding carboxylic acids is 1. The van der Waals surface area contributed by atoms with Crippen LogP contribution in [0.2, 0.25) is 0 Å². The molecule has 0 aliphatic heterocycles. The fourth-order valence-electron chi connectivity index (χ4n) is 2.73. The lowest BCUT2D eigenvalue weighted by molar-refractivity contribution is -0.117. The van der Waals surface area contributed by atoms with Crippen molar-refractivity contribution < 1.29 is 4.79 Å². The third kappa shape index (κ3) is 2.91. The smallest absolute Gasteiger partial charge is 0.231 e. The quantitative estimate of drug-likeness (QED) is 0.753. The van der Waals surface area contributed by atoms with Gasteiger partial charge in [-0.05, 0) is 43.7 Å². The highest BCUT2D eigenvalue weighted by Crippen LogP contribution is 2.46. The van der Waals surface area contributed by atoms with Gasteiger partial charge in [0.25, 0.3) is 0 Å². The van der Waals surface area contributed by atoms with Gasteiger partial charge in [0, 0.05) is 0 Å². The van der Waals surface area contributed by atoms with Crippen LogP contribution in [0.3, 0.4) is 0 Å². The standard InChI is InChI=1S/C15H22N2O/c1-12-3-5-13(6-4-12)15(7-2-8-15)9-10-17-11-14(16)18/h3-6,17H,2,7-11H2,1H3,(H2,16,18). The average Bonchev–Trinajstić information content (AvgIpc) is 2.28. The molecule has 1 aliphatic rings. The minimum Gasteiger partial charge on any atom is -0.369 e. The van der Waals surface area contributed by atoms with E-state index in [1.165, 1.54) is 30.4 Å². The second-order valence-electron chi connectivity index (χ2n) is 5.39. The van der Waals surface area contributed by atoms with E-state index in [1.54, 1.807) is 0 Å². The maximum atomic E-state index is 10.7. The molecule has 2 rings (SSSR count). The van der Waals surface area contributed by atoms with Gasteiger partial charge in [-0.3, -0.25) is 4.79 Å². The van der Waals surface area contributed by atoms with E-state index in [0.29, 0.717) is 5.41 Å². The number of nitrogens with two attached hydrogens (primary N) is 1. The zero-order valence-electron chi connectivity index (χ0n) is 11.0. The summed E-state index contributed by atoms with van der Waals surface area (Å²) in [6.45, 7) is 3.26. The summed E-state index contributed by atoms with van der Waals surface area (Å²) in [5, 5.41) is 3.12. The minimum atomic E-state index is -0.284. The summed E-state index contributed by atoms with van der Waals surface area (Å²) in [6, 6.07) is 8.88. The zero-order valence-corrected chi connectivity index (χ0v) is 11.0. The molecule has 1 fully saturated rings. The number of primary amides is 1. The van der Waals surface area contributed by atoms with Gasteiger partial charge in [-0.15, -0.1) is 0 Å². The number of benzene rings is 1. The van der Waals surface area contributed by atoms with Crippen molar-refractivity contribution in [2.45, 2.75) is 38.0 Å². The molecule has 0 radical (unpaired) electrons. The van der Waals surface area contributed by atoms with Crippen LogP contribution in [-0.2, 0) is 10.2 Å². The lowest BCUT2D eigenvalue weighted by atomic mass is 9.62. The highest BCUT2D eigenvalue weighted by molar-refractivity contribution is 5.75. The molecule has 0 bridgehead atoms. The Morgan fingerprint density at radius 2 is 2.00 bits per heavy atom. The summed E-state index contributed by atoms with van der Waals surface area (Å²) in [5.41, 5.74) is 8.20. The van der Waals surface area contributed by atoms with Crippen molar-refractivity contribution >= 4 is 5.91 Å². The predicted molar refractivity (Wildman–Crippen MR) is 73.4 cm³/mol. The number of hydrogen-bond donors (Lipinski definition) is 2. The van der Waals surface area contributed by atoms with E-state index in [4.69, 9.17) is 5.73 Å². The van der Waals surface area contributed by atoms with Gasteiger partial charge in [-0.25, -0.2) is 0 Å². The second-order valence-corrected chi connectivity index (χ2v) is 5.39. The average molecular weight is 246 g/mol. The highest BCUT2D eigenvalue weighted by atomic mass is 16.1. The molecule has 3 nitrogen and oxygen atoms in total. The molecule has 0 unspecified atom stereocenters. The van der Waals surface area contributed by atoms with E-state index < -0.39 is 0 Å². The third-order valence-corrected chi connectivity index (χ3v) is 4.05. The molecular weight excluding hydrogens is 224 g/mol. The molecule has 1 aromatic rings. The van der Waals surface area contributed by atoms with Crippen LogP contribution in [0.1, 0.15) is 36.8 Å². The van der Waals surface area contributed by atoms with E-state index in [-0.39, 0.29) is 12.5 Å². The highest BCUT2D eigenvalue weighted by Gasteiger charge is 2.37. The number of rotatable bonds is 6. The molecule has 1 amide bonds. The summed E-state index contributed by atoms with van der Waals surface area (Å²) in [7, 11) is 0. The molecule has 0 saturated heterocycles. The molecule has 1 saturated carbocycles. The van der Waals surface area contributed by atoms with Crippen LogP contribution < -0.4 is 11.1 Å². The first kappa shape index (κ1) is 13.1. The summed E-state index contributed by atoms with van der Waals surface area (Å²) in [5.74, 6) is -0.284. The fraction of sp³-hybridized carbons (Fsp3) is 0.533. The molecule has 98 valence electrons. The van der Waals surface area contributed by atoms with Crippen LogP contribution in [0.4, 0.5) is 0 Å². The first-order chi connectivity index (χ1) is 8.62. The summed E-state index contributed by atoms with van der Waals surface area (Å²) in [4.78, 5) is 10.7. The van der Waals surface area contributed by atoms with Crippen molar-refractivity contribution in [3.63, 3.8) is 0 Å². The minimum absolute atomic E-state index is 0.282. The van der Waals surface area contributed by atoms with Crippen LogP contribution in [0, 0.1) is 6.92 Å². The Kier molecular flexibility index (Phi) is 4.02. The van der Waals surface area contributed by atoms with Gasteiger partial charge in [0.15, 0.2) is 0 Å². The van der Waals surface area contributed by atoms with Gasteiger partial charge < -0.3 is 11.1 Å². The second kappa shape index (κ2) is 5.53. The van der Waals surface area contributed by atoms with Crippen molar-refractivity contribution in [3.05, 3.63) is 35.4 Å². The van der Waals surface area contributed by atoms with Gasteiger partial charge in [0.1, 0.15) is 0 Å². The Hall–Kier alpha value is -1.35. The lowest BCUT2D eigenvalue weighted by Crippen LogP contribution is -2.39. The maximum absolute atomic E-state index is 10.7. The van der Waals surface area contributed by atoms with Gasteiger partial charge in [-0.2, -0.15) is 0 Å². The molecule has 1 aromatic carbocycles. The zero-order chi connectivity index (χ0) is 13.0.